The minimum atomic E-state index is -1.63. The zero-order valence-electron chi connectivity index (χ0n) is 30.0. The first-order chi connectivity index (χ1) is 25.8. The van der Waals surface area contributed by atoms with Gasteiger partial charge >= 0.3 is 11.9 Å². The molecular formula is C36H46O18. The van der Waals surface area contributed by atoms with Gasteiger partial charge in [0.2, 0.25) is 12.6 Å². The molecule has 4 saturated heterocycles. The molecule has 0 spiro atoms. The van der Waals surface area contributed by atoms with Gasteiger partial charge in [-0.15, -0.1) is 0 Å². The summed E-state index contributed by atoms with van der Waals surface area (Å²) in [6.45, 7) is 2.41. The number of carbonyl (C=O) groups excluding carboxylic acids is 2. The first-order valence-electron chi connectivity index (χ1n) is 17.4. The summed E-state index contributed by atoms with van der Waals surface area (Å²) >= 11 is 0. The standard InChI is InChI=1S/C36H46O18/c1-15(37)47-13-25-27(39)29(41)31(43)35(53-25)51-21-7-5-17(9-23(21)45-3)33-19-11-50-34(20(19)12-49-33)18-6-8-22(24(10-18)46-4)52-36-32(44)30(42)28(40)26(54-36)14-48-16(2)38/h5-10,19-20,25-36,39-44H,11-14H2,1-4H3/t19-,20+,25-,26-,27-,28-,29+,30+,31-,32-,33+,34-,35-,36-/m1/s1. The van der Waals surface area contributed by atoms with Crippen LogP contribution >= 0.6 is 0 Å². The van der Waals surface area contributed by atoms with Gasteiger partial charge in [0.15, 0.2) is 23.0 Å². The minimum Gasteiger partial charge on any atom is -0.493 e. The third-order valence-corrected chi connectivity index (χ3v) is 10.0. The predicted octanol–water partition coefficient (Wildman–Crippen LogP) is -0.722. The smallest absolute Gasteiger partial charge is 0.302 e. The van der Waals surface area contributed by atoms with E-state index in [4.69, 9.17) is 47.4 Å². The van der Waals surface area contributed by atoms with Gasteiger partial charge in [0.25, 0.3) is 0 Å². The second-order valence-electron chi connectivity index (χ2n) is 13.5. The fourth-order valence-corrected chi connectivity index (χ4v) is 7.10. The number of esters is 2. The van der Waals surface area contributed by atoms with Crippen molar-refractivity contribution in [3.8, 4) is 23.0 Å². The number of fused-ring (bicyclic) bond motifs is 1. The average molecular weight is 767 g/mol. The Hall–Kier alpha value is -3.82. The summed E-state index contributed by atoms with van der Waals surface area (Å²) in [5.41, 5.74) is 1.55. The van der Waals surface area contributed by atoms with Crippen molar-refractivity contribution in [1.29, 1.82) is 0 Å². The number of hydrogen-bond acceptors (Lipinski definition) is 18. The lowest BCUT2D eigenvalue weighted by atomic mass is 9.85. The molecule has 18 nitrogen and oxygen atoms in total. The van der Waals surface area contributed by atoms with Crippen molar-refractivity contribution in [3.63, 3.8) is 0 Å². The molecule has 18 heteroatoms. The van der Waals surface area contributed by atoms with E-state index >= 15 is 0 Å². The van der Waals surface area contributed by atoms with E-state index in [-0.39, 0.29) is 60.3 Å². The van der Waals surface area contributed by atoms with Crippen LogP contribution in [0, 0.1) is 11.8 Å². The molecule has 0 unspecified atom stereocenters. The Bertz CT molecular complexity index is 1500. The topological polar surface area (TPSA) is 248 Å². The molecule has 4 heterocycles. The minimum absolute atomic E-state index is 0.0524. The van der Waals surface area contributed by atoms with Crippen LogP contribution in [0.4, 0.5) is 0 Å². The highest BCUT2D eigenvalue weighted by molar-refractivity contribution is 5.66. The zero-order valence-corrected chi connectivity index (χ0v) is 30.0. The Morgan fingerprint density at radius 3 is 1.33 bits per heavy atom. The van der Waals surface area contributed by atoms with Gasteiger partial charge in [-0.25, -0.2) is 0 Å². The summed E-state index contributed by atoms with van der Waals surface area (Å²) in [5, 5.41) is 62.5. The number of carbonyl (C=O) groups is 2. The van der Waals surface area contributed by atoms with Crippen molar-refractivity contribution in [3.05, 3.63) is 47.5 Å². The fraction of sp³-hybridized carbons (Fsp3) is 0.611. The lowest BCUT2D eigenvalue weighted by Gasteiger charge is -2.40. The van der Waals surface area contributed by atoms with Crippen LogP contribution in [-0.2, 0) is 38.0 Å². The Kier molecular flexibility index (Phi) is 12.5. The summed E-state index contributed by atoms with van der Waals surface area (Å²) < 4.78 is 56.7. The molecule has 2 aromatic carbocycles. The molecule has 4 fully saturated rings. The van der Waals surface area contributed by atoms with Gasteiger partial charge in [-0.3, -0.25) is 9.59 Å². The molecular weight excluding hydrogens is 720 g/mol. The number of benzene rings is 2. The number of aliphatic hydroxyl groups excluding tert-OH is 6. The van der Waals surface area contributed by atoms with Crippen LogP contribution in [-0.4, -0.2) is 145 Å². The van der Waals surface area contributed by atoms with Crippen molar-refractivity contribution < 1.29 is 87.6 Å². The summed E-state index contributed by atoms with van der Waals surface area (Å²) in [5.74, 6) is -0.380. The number of methoxy groups -OCH3 is 2. The molecule has 0 amide bonds. The van der Waals surface area contributed by atoms with Gasteiger partial charge in [-0.05, 0) is 35.4 Å². The van der Waals surface area contributed by atoms with Crippen LogP contribution in [0.25, 0.3) is 0 Å². The second-order valence-corrected chi connectivity index (χ2v) is 13.5. The van der Waals surface area contributed by atoms with Gasteiger partial charge in [0.05, 0.1) is 39.6 Å². The fourth-order valence-electron chi connectivity index (χ4n) is 7.10. The number of hydrogen-bond donors (Lipinski definition) is 6. The van der Waals surface area contributed by atoms with Crippen molar-refractivity contribution in [2.45, 2.75) is 87.5 Å². The molecule has 0 radical (unpaired) electrons. The van der Waals surface area contributed by atoms with Crippen molar-refractivity contribution >= 4 is 11.9 Å². The lowest BCUT2D eigenvalue weighted by molar-refractivity contribution is -0.278. The average Bonchev–Trinajstić information content (AvgIpc) is 3.77. The van der Waals surface area contributed by atoms with E-state index < -0.39 is 73.4 Å². The van der Waals surface area contributed by atoms with Crippen LogP contribution < -0.4 is 18.9 Å². The van der Waals surface area contributed by atoms with E-state index in [9.17, 15) is 40.2 Å². The molecule has 0 aromatic heterocycles. The van der Waals surface area contributed by atoms with Crippen LogP contribution in [0.1, 0.15) is 37.2 Å². The lowest BCUT2D eigenvalue weighted by Crippen LogP contribution is -2.60. The maximum Gasteiger partial charge on any atom is 0.302 e. The van der Waals surface area contributed by atoms with Crippen LogP contribution in [0.15, 0.2) is 36.4 Å². The maximum absolute atomic E-state index is 11.3. The van der Waals surface area contributed by atoms with E-state index in [1.54, 1.807) is 36.4 Å². The molecule has 6 rings (SSSR count). The Labute approximate surface area is 309 Å². The van der Waals surface area contributed by atoms with Crippen molar-refractivity contribution in [2.75, 3.05) is 40.6 Å². The largest absolute Gasteiger partial charge is 0.493 e. The van der Waals surface area contributed by atoms with Crippen LogP contribution in [0.3, 0.4) is 0 Å². The molecule has 0 aliphatic carbocycles. The molecule has 0 bridgehead atoms. The number of ether oxygens (including phenoxy) is 10. The van der Waals surface area contributed by atoms with Gasteiger partial charge in [-0.2, -0.15) is 0 Å². The molecule has 298 valence electrons. The van der Waals surface area contributed by atoms with E-state index in [0.717, 1.165) is 11.1 Å². The summed E-state index contributed by atoms with van der Waals surface area (Å²) in [6.07, 6.45) is -15.4. The Morgan fingerprint density at radius 2 is 0.981 bits per heavy atom. The summed E-state index contributed by atoms with van der Waals surface area (Å²) in [6, 6.07) is 10.2. The van der Waals surface area contributed by atoms with E-state index in [2.05, 4.69) is 0 Å². The maximum atomic E-state index is 11.3. The first-order valence-corrected chi connectivity index (χ1v) is 17.4. The van der Waals surface area contributed by atoms with Crippen molar-refractivity contribution in [1.82, 2.24) is 0 Å². The molecule has 4 aliphatic heterocycles. The van der Waals surface area contributed by atoms with Crippen molar-refractivity contribution in [2.24, 2.45) is 11.8 Å². The van der Waals surface area contributed by atoms with Gasteiger partial charge < -0.3 is 78.0 Å². The zero-order chi connectivity index (χ0) is 38.8. The predicted molar refractivity (Wildman–Crippen MR) is 178 cm³/mol. The van der Waals surface area contributed by atoms with E-state index in [1.165, 1.54) is 28.1 Å². The third kappa shape index (κ3) is 8.23. The van der Waals surface area contributed by atoms with Gasteiger partial charge in [-0.1, -0.05) is 12.1 Å². The molecule has 6 N–H and O–H groups in total. The van der Waals surface area contributed by atoms with Crippen LogP contribution in [0.5, 0.6) is 23.0 Å². The molecule has 54 heavy (non-hydrogen) atoms. The summed E-state index contributed by atoms with van der Waals surface area (Å²) in [7, 11) is 2.88. The Balaban J connectivity index is 1.12. The monoisotopic (exact) mass is 766 g/mol. The van der Waals surface area contributed by atoms with Gasteiger partial charge in [0, 0.05) is 25.7 Å². The highest BCUT2D eigenvalue weighted by atomic mass is 16.7. The Morgan fingerprint density at radius 1 is 0.593 bits per heavy atom. The number of aliphatic hydroxyl groups is 6. The van der Waals surface area contributed by atoms with E-state index in [0.29, 0.717) is 13.2 Å². The highest BCUT2D eigenvalue weighted by Crippen LogP contribution is 2.52. The van der Waals surface area contributed by atoms with Gasteiger partial charge in [0.1, 0.15) is 62.0 Å². The third-order valence-electron chi connectivity index (χ3n) is 10.0. The SMILES string of the molecule is COc1cc([C@H]2OC[C@@H]3[C@@H]2CO[C@H]3c2ccc(O[C@@H]3O[C@H](COC(C)=O)[C@@H](O)[C@H](O)[C@H]3O)c(OC)c2)ccc1O[C@@H]1O[C@H](COC(C)=O)[C@@H](O)[C@H](O)[C@H]1O. The molecule has 14 atom stereocenters. The first kappa shape index (κ1) is 39.9. The number of rotatable bonds is 12. The quantitative estimate of drug-likeness (QED) is 0.146. The van der Waals surface area contributed by atoms with Crippen LogP contribution in [0.2, 0.25) is 0 Å². The normalized spacial score (nSPS) is 36.2. The molecule has 0 saturated carbocycles. The molecule has 2 aromatic rings. The highest BCUT2D eigenvalue weighted by Gasteiger charge is 2.50. The van der Waals surface area contributed by atoms with E-state index in [1.807, 2.05) is 0 Å². The molecule has 4 aliphatic rings. The summed E-state index contributed by atoms with van der Waals surface area (Å²) in [4.78, 5) is 22.6. The second kappa shape index (κ2) is 16.9.